The fraction of sp³-hybridized carbons (Fsp3) is 0.0400. The van der Waals surface area contributed by atoms with Gasteiger partial charge < -0.3 is 9.30 Å². The van der Waals surface area contributed by atoms with Gasteiger partial charge >= 0.3 is 0 Å². The molecule has 0 fully saturated rings. The number of fused-ring (bicyclic) bond motifs is 3. The van der Waals surface area contributed by atoms with Crippen molar-refractivity contribution in [3.8, 4) is 11.5 Å². The summed E-state index contributed by atoms with van der Waals surface area (Å²) < 4.78 is 8.93. The van der Waals surface area contributed by atoms with Crippen LogP contribution in [0, 0.1) is 0 Å². The number of aromatic nitrogens is 1. The van der Waals surface area contributed by atoms with Crippen molar-refractivity contribution in [2.75, 3.05) is 0 Å². The second-order valence-electron chi connectivity index (χ2n) is 6.94. The minimum absolute atomic E-state index is 0.292. The van der Waals surface area contributed by atoms with Crippen LogP contribution in [0.15, 0.2) is 96.0 Å². The first-order chi connectivity index (χ1) is 14.7. The van der Waals surface area contributed by atoms with Crippen molar-refractivity contribution in [1.29, 1.82) is 0 Å². The van der Waals surface area contributed by atoms with Gasteiger partial charge in [0.15, 0.2) is 4.80 Å². The highest BCUT2D eigenvalue weighted by Gasteiger charge is 2.10. The number of benzene rings is 4. The average molecular weight is 410 g/mol. The summed E-state index contributed by atoms with van der Waals surface area (Å²) >= 11 is 1.51. The van der Waals surface area contributed by atoms with Crippen LogP contribution in [-0.4, -0.2) is 10.5 Å². The Morgan fingerprint density at radius 2 is 1.63 bits per heavy atom. The molecule has 0 unspecified atom stereocenters. The quantitative estimate of drug-likeness (QED) is 0.370. The summed E-state index contributed by atoms with van der Waals surface area (Å²) in [6.07, 6.45) is 0. The molecule has 0 atom stereocenters. The van der Waals surface area contributed by atoms with E-state index in [0.29, 0.717) is 16.1 Å². The molecule has 5 heteroatoms. The molecular weight excluding hydrogens is 392 g/mol. The zero-order valence-electron chi connectivity index (χ0n) is 16.3. The second kappa shape index (κ2) is 7.61. The Morgan fingerprint density at radius 1 is 0.867 bits per heavy atom. The molecule has 0 aliphatic rings. The van der Waals surface area contributed by atoms with Crippen LogP contribution in [-0.2, 0) is 7.05 Å². The fourth-order valence-electron chi connectivity index (χ4n) is 3.49. The average Bonchev–Trinajstić information content (AvgIpc) is 3.10. The molecule has 0 aliphatic heterocycles. The molecule has 1 heterocycles. The molecule has 0 spiro atoms. The SMILES string of the molecule is Cn1c(=NC(=O)c2cccc(Oc3ccccc3)c2)sc2ccc3ccccc3c21. The molecule has 1 amide bonds. The van der Waals surface area contributed by atoms with Crippen molar-refractivity contribution >= 4 is 38.2 Å². The smallest absolute Gasteiger partial charge is 0.279 e. The van der Waals surface area contributed by atoms with Gasteiger partial charge in [-0.05, 0) is 41.8 Å². The summed E-state index contributed by atoms with van der Waals surface area (Å²) in [6, 6.07) is 29.0. The van der Waals surface area contributed by atoms with Crippen LogP contribution in [0.25, 0.3) is 21.0 Å². The van der Waals surface area contributed by atoms with Crippen LogP contribution < -0.4 is 9.54 Å². The van der Waals surface area contributed by atoms with Gasteiger partial charge in [0, 0.05) is 18.0 Å². The molecular formula is C25H18N2O2S. The van der Waals surface area contributed by atoms with Crippen molar-refractivity contribution in [2.45, 2.75) is 0 Å². The normalized spacial score (nSPS) is 11.8. The van der Waals surface area contributed by atoms with Gasteiger partial charge in [0.1, 0.15) is 11.5 Å². The number of para-hydroxylation sites is 1. The highest BCUT2D eigenvalue weighted by molar-refractivity contribution is 7.16. The zero-order chi connectivity index (χ0) is 20.5. The predicted octanol–water partition coefficient (Wildman–Crippen LogP) is 5.93. The van der Waals surface area contributed by atoms with E-state index in [1.165, 1.54) is 16.7 Å². The third kappa shape index (κ3) is 3.40. The summed E-state index contributed by atoms with van der Waals surface area (Å²) in [7, 11) is 1.95. The number of hydrogen-bond acceptors (Lipinski definition) is 3. The maximum atomic E-state index is 12.9. The van der Waals surface area contributed by atoms with E-state index in [1.807, 2.05) is 60.1 Å². The Kier molecular flexibility index (Phi) is 4.65. The summed E-state index contributed by atoms with van der Waals surface area (Å²) in [5.41, 5.74) is 1.58. The maximum Gasteiger partial charge on any atom is 0.279 e. The molecule has 0 aliphatic carbocycles. The number of carbonyl (C=O) groups is 1. The molecule has 1 aromatic heterocycles. The van der Waals surface area contributed by atoms with Crippen LogP contribution in [0.4, 0.5) is 0 Å². The van der Waals surface area contributed by atoms with Crippen molar-refractivity contribution in [3.05, 3.63) is 101 Å². The predicted molar refractivity (Wildman–Crippen MR) is 121 cm³/mol. The van der Waals surface area contributed by atoms with Crippen molar-refractivity contribution < 1.29 is 9.53 Å². The number of thiazole rings is 1. The highest BCUT2D eigenvalue weighted by atomic mass is 32.1. The molecule has 4 nitrogen and oxygen atoms in total. The summed E-state index contributed by atoms with van der Waals surface area (Å²) in [6.45, 7) is 0. The summed E-state index contributed by atoms with van der Waals surface area (Å²) in [5, 5.41) is 2.32. The van der Waals surface area contributed by atoms with E-state index >= 15 is 0 Å². The van der Waals surface area contributed by atoms with Gasteiger partial charge in [-0.1, -0.05) is 65.9 Å². The number of nitrogens with zero attached hydrogens (tertiary/aromatic N) is 2. The van der Waals surface area contributed by atoms with Gasteiger partial charge in [0.05, 0.1) is 10.2 Å². The Morgan fingerprint density at radius 3 is 2.50 bits per heavy atom. The molecule has 146 valence electrons. The molecule has 0 bridgehead atoms. The van der Waals surface area contributed by atoms with Crippen LogP contribution >= 0.6 is 11.3 Å². The van der Waals surface area contributed by atoms with Crippen molar-refractivity contribution in [3.63, 3.8) is 0 Å². The van der Waals surface area contributed by atoms with Gasteiger partial charge in [-0.25, -0.2) is 0 Å². The monoisotopic (exact) mass is 410 g/mol. The maximum absolute atomic E-state index is 12.9. The van der Waals surface area contributed by atoms with E-state index in [4.69, 9.17) is 4.74 Å². The lowest BCUT2D eigenvalue weighted by molar-refractivity contribution is 0.0997. The molecule has 0 saturated heterocycles. The van der Waals surface area contributed by atoms with Gasteiger partial charge in [0.25, 0.3) is 5.91 Å². The number of ether oxygens (including phenoxy) is 1. The zero-order valence-corrected chi connectivity index (χ0v) is 17.1. The third-order valence-electron chi connectivity index (χ3n) is 4.94. The Balaban J connectivity index is 1.53. The van der Waals surface area contributed by atoms with Crippen LogP contribution in [0.3, 0.4) is 0 Å². The van der Waals surface area contributed by atoms with Crippen molar-refractivity contribution in [1.82, 2.24) is 4.57 Å². The lowest BCUT2D eigenvalue weighted by Crippen LogP contribution is -2.13. The number of hydrogen-bond donors (Lipinski definition) is 0. The highest BCUT2D eigenvalue weighted by Crippen LogP contribution is 2.26. The van der Waals surface area contributed by atoms with Crippen LogP contribution in [0.2, 0.25) is 0 Å². The molecule has 4 aromatic carbocycles. The Bertz CT molecular complexity index is 1450. The molecule has 0 N–H and O–H groups in total. The molecule has 5 rings (SSSR count). The van der Waals surface area contributed by atoms with E-state index in [2.05, 4.69) is 29.3 Å². The molecule has 0 radical (unpaired) electrons. The summed E-state index contributed by atoms with van der Waals surface area (Å²) in [4.78, 5) is 18.0. The Hall–Kier alpha value is -3.70. The standard InChI is InChI=1S/C25H18N2O2S/c1-27-23-21-13-6-5-8-17(21)14-15-22(23)30-25(27)26-24(28)18-9-7-12-20(16-18)29-19-10-3-2-4-11-19/h2-16H,1H3. The first-order valence-corrected chi connectivity index (χ1v) is 10.4. The molecule has 30 heavy (non-hydrogen) atoms. The molecule has 5 aromatic rings. The second-order valence-corrected chi connectivity index (χ2v) is 7.95. The van der Waals surface area contributed by atoms with E-state index in [0.717, 1.165) is 21.4 Å². The van der Waals surface area contributed by atoms with E-state index in [9.17, 15) is 4.79 Å². The first kappa shape index (κ1) is 18.3. The minimum atomic E-state index is -0.292. The third-order valence-corrected chi connectivity index (χ3v) is 6.04. The lowest BCUT2D eigenvalue weighted by atomic mass is 10.1. The van der Waals surface area contributed by atoms with E-state index < -0.39 is 0 Å². The number of amides is 1. The van der Waals surface area contributed by atoms with Gasteiger partial charge in [-0.2, -0.15) is 4.99 Å². The molecule has 0 saturated carbocycles. The first-order valence-electron chi connectivity index (χ1n) is 9.58. The van der Waals surface area contributed by atoms with Gasteiger partial charge in [-0.3, -0.25) is 4.79 Å². The summed E-state index contributed by atoms with van der Waals surface area (Å²) in [5.74, 6) is 1.04. The minimum Gasteiger partial charge on any atom is -0.457 e. The van der Waals surface area contributed by atoms with Crippen molar-refractivity contribution in [2.24, 2.45) is 12.0 Å². The van der Waals surface area contributed by atoms with Crippen LogP contribution in [0.5, 0.6) is 11.5 Å². The van der Waals surface area contributed by atoms with Gasteiger partial charge in [0.2, 0.25) is 0 Å². The van der Waals surface area contributed by atoms with Gasteiger partial charge in [-0.15, -0.1) is 0 Å². The fourth-order valence-corrected chi connectivity index (χ4v) is 4.53. The largest absolute Gasteiger partial charge is 0.457 e. The van der Waals surface area contributed by atoms with E-state index in [-0.39, 0.29) is 5.91 Å². The van der Waals surface area contributed by atoms with Crippen LogP contribution in [0.1, 0.15) is 10.4 Å². The number of carbonyl (C=O) groups excluding carboxylic acids is 1. The topological polar surface area (TPSA) is 43.6 Å². The number of rotatable bonds is 3. The lowest BCUT2D eigenvalue weighted by Gasteiger charge is -2.06. The Labute approximate surface area is 177 Å². The van der Waals surface area contributed by atoms with E-state index in [1.54, 1.807) is 18.2 Å². The number of aryl methyl sites for hydroxylation is 1.